The number of halogens is 3. The number of aryl methyl sites for hydroxylation is 1. The van der Waals surface area contributed by atoms with Crippen LogP contribution in [0, 0.1) is 19.8 Å². The van der Waals surface area contributed by atoms with Crippen LogP contribution in [0.25, 0.3) is 5.65 Å². The van der Waals surface area contributed by atoms with E-state index >= 15 is 0 Å². The Bertz CT molecular complexity index is 857. The van der Waals surface area contributed by atoms with Crippen LogP contribution in [0.15, 0.2) is 6.07 Å². The van der Waals surface area contributed by atoms with Crippen molar-refractivity contribution in [1.29, 1.82) is 0 Å². The Morgan fingerprint density at radius 2 is 1.89 bits per heavy atom. The lowest BCUT2D eigenvalue weighted by Crippen LogP contribution is -2.43. The molecule has 7 heteroatoms. The van der Waals surface area contributed by atoms with E-state index in [0.717, 1.165) is 48.5 Å². The van der Waals surface area contributed by atoms with Gasteiger partial charge in [0, 0.05) is 29.6 Å². The summed E-state index contributed by atoms with van der Waals surface area (Å²) in [5.74, 6) is -1.07. The second kappa shape index (κ2) is 7.01. The van der Waals surface area contributed by atoms with Crippen molar-refractivity contribution in [3.8, 4) is 0 Å². The first-order valence-corrected chi connectivity index (χ1v) is 10.3. The zero-order valence-corrected chi connectivity index (χ0v) is 16.9. The first kappa shape index (κ1) is 19.7. The molecule has 0 amide bonds. The summed E-state index contributed by atoms with van der Waals surface area (Å²) in [5, 5.41) is 8.40. The fourth-order valence-electron chi connectivity index (χ4n) is 5.10. The minimum Gasteiger partial charge on any atom is -0.316 e. The summed E-state index contributed by atoms with van der Waals surface area (Å²) in [5.41, 5.74) is 5.04. The van der Waals surface area contributed by atoms with E-state index in [2.05, 4.69) is 19.2 Å². The molecule has 1 atom stereocenters. The van der Waals surface area contributed by atoms with Crippen LogP contribution in [0.2, 0.25) is 0 Å². The van der Waals surface area contributed by atoms with Crippen LogP contribution in [0.1, 0.15) is 74.0 Å². The van der Waals surface area contributed by atoms with Crippen molar-refractivity contribution in [2.75, 3.05) is 13.1 Å². The third-order valence-corrected chi connectivity index (χ3v) is 6.88. The van der Waals surface area contributed by atoms with Crippen molar-refractivity contribution in [2.24, 2.45) is 5.92 Å². The summed E-state index contributed by atoms with van der Waals surface area (Å²) in [4.78, 5) is 4.73. The van der Waals surface area contributed by atoms with Gasteiger partial charge in [0.05, 0.1) is 17.3 Å². The maximum atomic E-state index is 13.0. The van der Waals surface area contributed by atoms with Gasteiger partial charge in [-0.2, -0.15) is 18.3 Å². The Labute approximate surface area is 163 Å². The molecule has 0 spiro atoms. The molecule has 0 bridgehead atoms. The molecule has 3 heterocycles. The van der Waals surface area contributed by atoms with Crippen LogP contribution in [-0.4, -0.2) is 33.9 Å². The predicted octanol–water partition coefficient (Wildman–Crippen LogP) is 4.82. The van der Waals surface area contributed by atoms with Gasteiger partial charge < -0.3 is 5.32 Å². The standard InChI is InChI=1S/C21H29F3N4/c1-13-14(2)26-18-11-17(15-5-7-16(8-6-15)21(22,23)24)27-28(18)19(13)20(3)9-4-10-25-12-20/h11,15-16,25H,4-10,12H2,1-3H3/t15?,16?,20-/m0/s1. The molecule has 0 radical (unpaired) electrons. The summed E-state index contributed by atoms with van der Waals surface area (Å²) in [6, 6.07) is 1.99. The first-order valence-electron chi connectivity index (χ1n) is 10.3. The molecule has 1 saturated carbocycles. The topological polar surface area (TPSA) is 42.2 Å². The van der Waals surface area contributed by atoms with Crippen LogP contribution in [-0.2, 0) is 5.41 Å². The molecule has 1 saturated heterocycles. The van der Waals surface area contributed by atoms with Gasteiger partial charge in [-0.15, -0.1) is 0 Å². The highest BCUT2D eigenvalue weighted by Gasteiger charge is 2.42. The molecule has 154 valence electrons. The van der Waals surface area contributed by atoms with Crippen molar-refractivity contribution in [2.45, 2.75) is 76.8 Å². The zero-order valence-electron chi connectivity index (χ0n) is 16.9. The van der Waals surface area contributed by atoms with Gasteiger partial charge in [-0.3, -0.25) is 0 Å². The molecule has 4 nitrogen and oxygen atoms in total. The largest absolute Gasteiger partial charge is 0.391 e. The summed E-state index contributed by atoms with van der Waals surface area (Å²) in [7, 11) is 0. The molecule has 28 heavy (non-hydrogen) atoms. The van der Waals surface area contributed by atoms with E-state index in [1.54, 1.807) is 0 Å². The highest BCUT2D eigenvalue weighted by molar-refractivity contribution is 5.47. The van der Waals surface area contributed by atoms with E-state index in [0.29, 0.717) is 12.8 Å². The number of nitrogens with one attached hydrogen (secondary N) is 1. The Kier molecular flexibility index (Phi) is 4.92. The van der Waals surface area contributed by atoms with Crippen LogP contribution >= 0.6 is 0 Å². The Hall–Kier alpha value is -1.63. The second-order valence-electron chi connectivity index (χ2n) is 8.94. The Morgan fingerprint density at radius 3 is 2.50 bits per heavy atom. The van der Waals surface area contributed by atoms with Gasteiger partial charge in [-0.1, -0.05) is 6.92 Å². The third kappa shape index (κ3) is 3.42. The average Bonchev–Trinajstić information content (AvgIpc) is 3.05. The molecule has 1 aliphatic carbocycles. The molecule has 1 aliphatic heterocycles. The molecular weight excluding hydrogens is 365 g/mol. The molecule has 2 aromatic heterocycles. The molecule has 1 N–H and O–H groups in total. The normalized spacial score (nSPS) is 29.4. The van der Waals surface area contributed by atoms with Gasteiger partial charge in [0.15, 0.2) is 5.65 Å². The second-order valence-corrected chi connectivity index (χ2v) is 8.94. The number of hydrogen-bond acceptors (Lipinski definition) is 3. The molecule has 0 unspecified atom stereocenters. The van der Waals surface area contributed by atoms with Crippen molar-refractivity contribution in [3.05, 3.63) is 28.7 Å². The Balaban J connectivity index is 1.69. The smallest absolute Gasteiger partial charge is 0.316 e. The minimum absolute atomic E-state index is 0.0223. The fourth-order valence-corrected chi connectivity index (χ4v) is 5.10. The summed E-state index contributed by atoms with van der Waals surface area (Å²) >= 11 is 0. The number of hydrogen-bond donors (Lipinski definition) is 1. The molecule has 0 aromatic carbocycles. The maximum Gasteiger partial charge on any atom is 0.391 e. The number of rotatable bonds is 2. The molecular formula is C21H29F3N4. The number of alkyl halides is 3. The summed E-state index contributed by atoms with van der Waals surface area (Å²) in [6.45, 7) is 8.34. The summed E-state index contributed by atoms with van der Waals surface area (Å²) < 4.78 is 41.0. The number of aromatic nitrogens is 3. The van der Waals surface area contributed by atoms with E-state index in [1.165, 1.54) is 5.69 Å². The predicted molar refractivity (Wildman–Crippen MR) is 103 cm³/mol. The van der Waals surface area contributed by atoms with E-state index in [9.17, 15) is 13.2 Å². The lowest BCUT2D eigenvalue weighted by Gasteiger charge is -2.36. The van der Waals surface area contributed by atoms with Gasteiger partial charge >= 0.3 is 6.18 Å². The van der Waals surface area contributed by atoms with E-state index < -0.39 is 12.1 Å². The average molecular weight is 394 g/mol. The van der Waals surface area contributed by atoms with Crippen LogP contribution in [0.5, 0.6) is 0 Å². The SMILES string of the molecule is Cc1nc2cc(C3CCC(C(F)(F)F)CC3)nn2c([C@@]2(C)CCCNC2)c1C. The van der Waals surface area contributed by atoms with Gasteiger partial charge in [0.2, 0.25) is 0 Å². The molecule has 2 fully saturated rings. The minimum atomic E-state index is -4.07. The fraction of sp³-hybridized carbons (Fsp3) is 0.714. The maximum absolute atomic E-state index is 13.0. The van der Waals surface area contributed by atoms with Crippen LogP contribution < -0.4 is 5.32 Å². The Morgan fingerprint density at radius 1 is 1.18 bits per heavy atom. The first-order chi connectivity index (χ1) is 13.2. The van der Waals surface area contributed by atoms with Crippen LogP contribution in [0.3, 0.4) is 0 Å². The highest BCUT2D eigenvalue weighted by atomic mass is 19.4. The summed E-state index contributed by atoms with van der Waals surface area (Å²) in [6.07, 6.45) is -0.389. The highest BCUT2D eigenvalue weighted by Crippen LogP contribution is 2.43. The molecule has 2 aliphatic rings. The van der Waals surface area contributed by atoms with Crippen molar-refractivity contribution >= 4 is 5.65 Å². The van der Waals surface area contributed by atoms with Gasteiger partial charge in [0.25, 0.3) is 0 Å². The van der Waals surface area contributed by atoms with Crippen molar-refractivity contribution < 1.29 is 13.2 Å². The monoisotopic (exact) mass is 394 g/mol. The van der Waals surface area contributed by atoms with E-state index in [1.807, 2.05) is 17.5 Å². The number of fused-ring (bicyclic) bond motifs is 1. The van der Waals surface area contributed by atoms with Gasteiger partial charge in [-0.25, -0.2) is 9.50 Å². The zero-order chi connectivity index (χ0) is 20.1. The lowest BCUT2D eigenvalue weighted by molar-refractivity contribution is -0.182. The number of piperidine rings is 1. The molecule has 4 rings (SSSR count). The van der Waals surface area contributed by atoms with Gasteiger partial charge in [0.1, 0.15) is 0 Å². The van der Waals surface area contributed by atoms with E-state index in [-0.39, 0.29) is 24.2 Å². The molecule has 2 aromatic rings. The quantitative estimate of drug-likeness (QED) is 0.794. The lowest BCUT2D eigenvalue weighted by atomic mass is 9.77. The van der Waals surface area contributed by atoms with Gasteiger partial charge in [-0.05, 0) is 64.5 Å². The third-order valence-electron chi connectivity index (χ3n) is 6.88. The van der Waals surface area contributed by atoms with Crippen molar-refractivity contribution in [1.82, 2.24) is 19.9 Å². The van der Waals surface area contributed by atoms with E-state index in [4.69, 9.17) is 10.1 Å². The van der Waals surface area contributed by atoms with Crippen molar-refractivity contribution in [3.63, 3.8) is 0 Å². The van der Waals surface area contributed by atoms with Crippen LogP contribution in [0.4, 0.5) is 13.2 Å². The number of nitrogens with zero attached hydrogens (tertiary/aromatic N) is 3.